The van der Waals surface area contributed by atoms with Gasteiger partial charge in [-0.05, 0) is 13.5 Å². The van der Waals surface area contributed by atoms with Crippen LogP contribution < -0.4 is 5.32 Å². The second kappa shape index (κ2) is 3.91. The Morgan fingerprint density at radius 2 is 2.08 bits per heavy atom. The van der Waals surface area contributed by atoms with Crippen molar-refractivity contribution in [3.63, 3.8) is 0 Å². The molecule has 3 nitrogen and oxygen atoms in total. The van der Waals surface area contributed by atoms with E-state index in [0.717, 1.165) is 6.54 Å². The molecule has 0 aromatic rings. The Hall–Kier alpha value is 0.460. The Bertz CT molecular complexity index is 179. The van der Waals surface area contributed by atoms with Crippen molar-refractivity contribution in [2.45, 2.75) is 30.7 Å². The van der Waals surface area contributed by atoms with Gasteiger partial charge in [0, 0.05) is 13.1 Å². The summed E-state index contributed by atoms with van der Waals surface area (Å²) < 4.78 is 5.85. The second-order valence-corrected chi connectivity index (χ2v) is 3.80. The van der Waals surface area contributed by atoms with Crippen LogP contribution in [0.3, 0.4) is 0 Å². The molecule has 3 aliphatic rings. The maximum absolute atomic E-state index is 5.85. The summed E-state index contributed by atoms with van der Waals surface area (Å²) in [5.74, 6) is 0. The van der Waals surface area contributed by atoms with Crippen molar-refractivity contribution in [2.24, 2.45) is 0 Å². The third-order valence-electron chi connectivity index (χ3n) is 3.37. The van der Waals surface area contributed by atoms with Gasteiger partial charge in [-0.25, -0.2) is 0 Å². The van der Waals surface area contributed by atoms with Crippen molar-refractivity contribution in [2.75, 3.05) is 20.1 Å². The molecule has 78 valence electrons. The zero-order valence-corrected chi connectivity index (χ0v) is 9.24. The Balaban J connectivity index is 0.000000422. The number of hydrogen-bond donors (Lipinski definition) is 1. The molecule has 3 heterocycles. The van der Waals surface area contributed by atoms with Crippen LogP contribution >= 0.6 is 24.8 Å². The van der Waals surface area contributed by atoms with Gasteiger partial charge in [-0.15, -0.1) is 24.8 Å². The van der Waals surface area contributed by atoms with Crippen LogP contribution in [0.1, 0.15) is 6.42 Å². The van der Waals surface area contributed by atoms with E-state index < -0.39 is 0 Å². The summed E-state index contributed by atoms with van der Waals surface area (Å²) in [6.45, 7) is 2.41. The van der Waals surface area contributed by atoms with Crippen LogP contribution in [0.15, 0.2) is 0 Å². The van der Waals surface area contributed by atoms with Gasteiger partial charge in [0.1, 0.15) is 0 Å². The van der Waals surface area contributed by atoms with Crippen LogP contribution in [-0.2, 0) is 4.74 Å². The van der Waals surface area contributed by atoms with Crippen LogP contribution in [0.5, 0.6) is 0 Å². The lowest BCUT2D eigenvalue weighted by Crippen LogP contribution is -2.40. The first-order chi connectivity index (χ1) is 5.40. The maximum Gasteiger partial charge on any atom is 0.0875 e. The van der Waals surface area contributed by atoms with Crippen molar-refractivity contribution in [3.8, 4) is 0 Å². The van der Waals surface area contributed by atoms with Gasteiger partial charge in [0.2, 0.25) is 0 Å². The molecule has 2 bridgehead atoms. The van der Waals surface area contributed by atoms with Gasteiger partial charge in [-0.3, -0.25) is 4.90 Å². The van der Waals surface area contributed by atoms with Crippen LogP contribution in [-0.4, -0.2) is 49.3 Å². The quantitative estimate of drug-likeness (QED) is 0.696. The van der Waals surface area contributed by atoms with E-state index in [1.54, 1.807) is 0 Å². The summed E-state index contributed by atoms with van der Waals surface area (Å²) in [7, 11) is 2.05. The highest BCUT2D eigenvalue weighted by atomic mass is 35.5. The minimum Gasteiger partial charge on any atom is -0.370 e. The first kappa shape index (κ1) is 11.5. The Morgan fingerprint density at radius 1 is 1.31 bits per heavy atom. The van der Waals surface area contributed by atoms with Gasteiger partial charge in [0.25, 0.3) is 0 Å². The zero-order chi connectivity index (χ0) is 7.42. The number of fused-ring (bicyclic) bond motifs is 1. The second-order valence-electron chi connectivity index (χ2n) is 3.80. The lowest BCUT2D eigenvalue weighted by atomic mass is 10.1. The number of likely N-dealkylation sites (N-methyl/N-ethyl adjacent to an activating group) is 1. The molecule has 0 aromatic carbocycles. The van der Waals surface area contributed by atoms with E-state index >= 15 is 0 Å². The van der Waals surface area contributed by atoms with E-state index in [9.17, 15) is 0 Å². The fourth-order valence-electron chi connectivity index (χ4n) is 2.94. The van der Waals surface area contributed by atoms with Crippen molar-refractivity contribution >= 4 is 24.8 Å². The molecule has 1 N–H and O–H groups in total. The molecule has 0 aliphatic carbocycles. The Labute approximate surface area is 91.0 Å². The third-order valence-corrected chi connectivity index (χ3v) is 3.37. The highest BCUT2D eigenvalue weighted by Gasteiger charge is 2.56. The molecule has 13 heavy (non-hydrogen) atoms. The molecule has 0 saturated carbocycles. The topological polar surface area (TPSA) is 24.5 Å². The van der Waals surface area contributed by atoms with Gasteiger partial charge in [0.15, 0.2) is 0 Å². The predicted molar refractivity (Wildman–Crippen MR) is 56.0 cm³/mol. The largest absolute Gasteiger partial charge is 0.370 e. The van der Waals surface area contributed by atoms with Gasteiger partial charge in [0.05, 0.1) is 24.3 Å². The smallest absolute Gasteiger partial charge is 0.0875 e. The molecule has 4 atom stereocenters. The molecule has 0 amide bonds. The molecule has 0 aromatic heterocycles. The summed E-state index contributed by atoms with van der Waals surface area (Å²) in [4.78, 5) is 2.57. The monoisotopic (exact) mass is 226 g/mol. The number of hydrogen-bond acceptors (Lipinski definition) is 3. The van der Waals surface area contributed by atoms with E-state index in [0.29, 0.717) is 24.3 Å². The molecular formula is C8H16Cl2N2O. The maximum atomic E-state index is 5.85. The molecule has 0 radical (unpaired) electrons. The summed E-state index contributed by atoms with van der Waals surface area (Å²) in [6.07, 6.45) is 2.28. The number of nitrogens with zero attached hydrogens (tertiary/aromatic N) is 1. The van der Waals surface area contributed by atoms with Crippen molar-refractivity contribution in [3.05, 3.63) is 0 Å². The highest BCUT2D eigenvalue weighted by Crippen LogP contribution is 2.39. The fraction of sp³-hybridized carbons (Fsp3) is 1.00. The molecule has 3 aliphatic heterocycles. The van der Waals surface area contributed by atoms with E-state index in [1.807, 2.05) is 7.05 Å². The van der Waals surface area contributed by atoms with Crippen molar-refractivity contribution in [1.29, 1.82) is 0 Å². The minimum atomic E-state index is 0. The summed E-state index contributed by atoms with van der Waals surface area (Å²) >= 11 is 0. The number of rotatable bonds is 1. The fourth-order valence-corrected chi connectivity index (χ4v) is 2.94. The van der Waals surface area contributed by atoms with E-state index in [4.69, 9.17) is 4.74 Å². The van der Waals surface area contributed by atoms with E-state index in [2.05, 4.69) is 10.2 Å². The molecule has 3 saturated heterocycles. The Morgan fingerprint density at radius 3 is 2.62 bits per heavy atom. The summed E-state index contributed by atoms with van der Waals surface area (Å²) in [6, 6.07) is 1.31. The average molecular weight is 227 g/mol. The lowest BCUT2D eigenvalue weighted by Gasteiger charge is -2.21. The Kier molecular flexibility index (Phi) is 3.47. The van der Waals surface area contributed by atoms with Crippen LogP contribution in [0, 0.1) is 0 Å². The predicted octanol–water partition coefficient (Wildman–Crippen LogP) is 0.273. The van der Waals surface area contributed by atoms with E-state index in [1.165, 1.54) is 13.0 Å². The highest BCUT2D eigenvalue weighted by molar-refractivity contribution is 5.85. The zero-order valence-electron chi connectivity index (χ0n) is 7.60. The van der Waals surface area contributed by atoms with E-state index in [-0.39, 0.29) is 24.8 Å². The van der Waals surface area contributed by atoms with Gasteiger partial charge in [-0.1, -0.05) is 0 Å². The SMILES string of the molecule is CNC1C2CN3CCC(O2)C13.Cl.Cl. The van der Waals surface area contributed by atoms with Crippen LogP contribution in [0.2, 0.25) is 0 Å². The average Bonchev–Trinajstić information content (AvgIpc) is 2.55. The van der Waals surface area contributed by atoms with Crippen molar-refractivity contribution in [1.82, 2.24) is 10.2 Å². The molecule has 0 spiro atoms. The molecule has 5 heteroatoms. The van der Waals surface area contributed by atoms with Gasteiger partial charge in [-0.2, -0.15) is 0 Å². The standard InChI is InChI=1S/C8H14N2O.2ClH/c1-9-7-6-4-10-3-2-5(11-6)8(7)10;;/h5-9H,2-4H2,1H3;2*1H. The molecule has 4 unspecified atom stereocenters. The first-order valence-corrected chi connectivity index (χ1v) is 4.47. The molecule has 3 fully saturated rings. The first-order valence-electron chi connectivity index (χ1n) is 4.47. The number of morpholine rings is 1. The number of nitrogens with one attached hydrogen (secondary N) is 1. The van der Waals surface area contributed by atoms with Crippen LogP contribution in [0.4, 0.5) is 0 Å². The van der Waals surface area contributed by atoms with Crippen molar-refractivity contribution < 1.29 is 4.74 Å². The summed E-state index contributed by atoms with van der Waals surface area (Å²) in [5.41, 5.74) is 0. The third kappa shape index (κ3) is 1.38. The normalized spacial score (nSPS) is 45.9. The molecular weight excluding hydrogens is 211 g/mol. The van der Waals surface area contributed by atoms with Gasteiger partial charge < -0.3 is 10.1 Å². The molecule has 3 rings (SSSR count). The van der Waals surface area contributed by atoms with Crippen LogP contribution in [0.25, 0.3) is 0 Å². The minimum absolute atomic E-state index is 0. The number of ether oxygens (including phenoxy) is 1. The van der Waals surface area contributed by atoms with Gasteiger partial charge >= 0.3 is 0 Å². The number of halogens is 2. The lowest BCUT2D eigenvalue weighted by molar-refractivity contribution is 0.00833. The summed E-state index contributed by atoms with van der Waals surface area (Å²) in [5, 5.41) is 3.36.